The van der Waals surface area contributed by atoms with Crippen LogP contribution in [-0.4, -0.2) is 37.3 Å². The summed E-state index contributed by atoms with van der Waals surface area (Å²) in [5.74, 6) is 0.658. The molecule has 0 spiro atoms. The van der Waals surface area contributed by atoms with Gasteiger partial charge in [0.05, 0.1) is 13.5 Å². The molecular weight excluding hydrogens is 362 g/mol. The average Bonchev–Trinajstić information content (AvgIpc) is 2.68. The van der Waals surface area contributed by atoms with Crippen molar-refractivity contribution < 1.29 is 28.9 Å². The Morgan fingerprint density at radius 3 is 2.50 bits per heavy atom. The molecule has 0 heterocycles. The van der Waals surface area contributed by atoms with E-state index >= 15 is 0 Å². The maximum atomic E-state index is 11.7. The molecular formula is C21H25NO6. The molecule has 0 saturated heterocycles. The minimum absolute atomic E-state index is 0.0635. The Morgan fingerprint density at radius 2 is 1.79 bits per heavy atom. The molecule has 0 fully saturated rings. The lowest BCUT2D eigenvalue weighted by molar-refractivity contribution is -0.138. The van der Waals surface area contributed by atoms with Gasteiger partial charge in [-0.05, 0) is 36.8 Å². The molecule has 2 aromatic carbocycles. The SMILES string of the molecule is COc1ccc(CNC(=O)CCC(=O)O)c(OCCOc2cccc(C)c2)c1. The number of carbonyl (C=O) groups excluding carboxylic acids is 1. The van der Waals surface area contributed by atoms with Crippen molar-refractivity contribution in [3.05, 3.63) is 53.6 Å². The number of hydrogen-bond donors (Lipinski definition) is 2. The second-order valence-electron chi connectivity index (χ2n) is 6.16. The number of aryl methyl sites for hydroxylation is 1. The third kappa shape index (κ3) is 7.19. The fourth-order valence-corrected chi connectivity index (χ4v) is 2.46. The molecule has 1 amide bonds. The van der Waals surface area contributed by atoms with E-state index in [0.717, 1.165) is 16.9 Å². The van der Waals surface area contributed by atoms with Crippen LogP contribution in [0.5, 0.6) is 17.2 Å². The van der Waals surface area contributed by atoms with Crippen molar-refractivity contribution in [3.63, 3.8) is 0 Å². The largest absolute Gasteiger partial charge is 0.497 e. The topological polar surface area (TPSA) is 94.1 Å². The number of carbonyl (C=O) groups is 2. The first-order chi connectivity index (χ1) is 13.5. The van der Waals surface area contributed by atoms with Gasteiger partial charge in [-0.25, -0.2) is 0 Å². The summed E-state index contributed by atoms with van der Waals surface area (Å²) in [5, 5.41) is 11.3. The van der Waals surface area contributed by atoms with Crippen molar-refractivity contribution in [2.24, 2.45) is 0 Å². The molecule has 0 aromatic heterocycles. The Kier molecular flexibility index (Phi) is 8.14. The number of aliphatic carboxylic acids is 1. The van der Waals surface area contributed by atoms with E-state index in [1.165, 1.54) is 0 Å². The van der Waals surface area contributed by atoms with Crippen LogP contribution in [0.15, 0.2) is 42.5 Å². The van der Waals surface area contributed by atoms with Crippen LogP contribution in [0.4, 0.5) is 0 Å². The summed E-state index contributed by atoms with van der Waals surface area (Å²) in [6.45, 7) is 2.92. The number of carboxylic acid groups (broad SMARTS) is 1. The summed E-state index contributed by atoms with van der Waals surface area (Å²) < 4.78 is 16.7. The van der Waals surface area contributed by atoms with Crippen molar-refractivity contribution in [1.29, 1.82) is 0 Å². The molecule has 0 atom stereocenters. The second-order valence-corrected chi connectivity index (χ2v) is 6.16. The van der Waals surface area contributed by atoms with Gasteiger partial charge in [0.25, 0.3) is 0 Å². The average molecular weight is 387 g/mol. The molecule has 0 saturated carbocycles. The van der Waals surface area contributed by atoms with Gasteiger partial charge in [0.2, 0.25) is 5.91 Å². The molecule has 2 rings (SSSR count). The number of amides is 1. The number of hydrogen-bond acceptors (Lipinski definition) is 5. The van der Waals surface area contributed by atoms with E-state index in [1.807, 2.05) is 31.2 Å². The maximum absolute atomic E-state index is 11.7. The van der Waals surface area contributed by atoms with Crippen LogP contribution in [0.1, 0.15) is 24.0 Å². The zero-order valence-electron chi connectivity index (χ0n) is 16.1. The van der Waals surface area contributed by atoms with Crippen LogP contribution in [0, 0.1) is 6.92 Å². The zero-order chi connectivity index (χ0) is 20.4. The van der Waals surface area contributed by atoms with Crippen LogP contribution in [0.2, 0.25) is 0 Å². The second kappa shape index (κ2) is 10.8. The highest BCUT2D eigenvalue weighted by molar-refractivity contribution is 5.80. The molecule has 2 aromatic rings. The number of methoxy groups -OCH3 is 1. The normalized spacial score (nSPS) is 10.2. The molecule has 0 aliphatic carbocycles. The lowest BCUT2D eigenvalue weighted by Crippen LogP contribution is -2.23. The van der Waals surface area contributed by atoms with Crippen LogP contribution < -0.4 is 19.5 Å². The first-order valence-corrected chi connectivity index (χ1v) is 8.95. The maximum Gasteiger partial charge on any atom is 0.303 e. The molecule has 0 aliphatic rings. The summed E-state index contributed by atoms with van der Waals surface area (Å²) in [6, 6.07) is 13.1. The van der Waals surface area contributed by atoms with Gasteiger partial charge in [-0.2, -0.15) is 0 Å². The molecule has 0 radical (unpaired) electrons. The molecule has 7 heteroatoms. The van der Waals surface area contributed by atoms with Crippen molar-refractivity contribution in [3.8, 4) is 17.2 Å². The minimum atomic E-state index is -1.00. The van der Waals surface area contributed by atoms with E-state index < -0.39 is 5.97 Å². The highest BCUT2D eigenvalue weighted by atomic mass is 16.5. The Labute approximate surface area is 164 Å². The predicted molar refractivity (Wildman–Crippen MR) is 104 cm³/mol. The van der Waals surface area contributed by atoms with Crippen LogP contribution >= 0.6 is 0 Å². The highest BCUT2D eigenvalue weighted by Gasteiger charge is 2.10. The van der Waals surface area contributed by atoms with E-state index in [0.29, 0.717) is 24.7 Å². The lowest BCUT2D eigenvalue weighted by atomic mass is 10.2. The van der Waals surface area contributed by atoms with Crippen LogP contribution in [0.25, 0.3) is 0 Å². The quantitative estimate of drug-likeness (QED) is 0.576. The van der Waals surface area contributed by atoms with Gasteiger partial charge in [0.1, 0.15) is 30.5 Å². The van der Waals surface area contributed by atoms with E-state index in [-0.39, 0.29) is 25.3 Å². The highest BCUT2D eigenvalue weighted by Crippen LogP contribution is 2.25. The summed E-state index contributed by atoms with van der Waals surface area (Å²) in [6.07, 6.45) is -0.264. The van der Waals surface area contributed by atoms with Gasteiger partial charge in [0, 0.05) is 24.6 Å². The Morgan fingerprint density at radius 1 is 1.00 bits per heavy atom. The lowest BCUT2D eigenvalue weighted by Gasteiger charge is -2.14. The summed E-state index contributed by atoms with van der Waals surface area (Å²) >= 11 is 0. The summed E-state index contributed by atoms with van der Waals surface area (Å²) in [7, 11) is 1.56. The number of benzene rings is 2. The fourth-order valence-electron chi connectivity index (χ4n) is 2.46. The zero-order valence-corrected chi connectivity index (χ0v) is 16.1. The molecule has 0 aliphatic heterocycles. The van der Waals surface area contributed by atoms with Crippen molar-refractivity contribution in [2.45, 2.75) is 26.3 Å². The number of nitrogens with one attached hydrogen (secondary N) is 1. The first-order valence-electron chi connectivity index (χ1n) is 8.95. The third-order valence-corrected chi connectivity index (χ3v) is 3.92. The van der Waals surface area contributed by atoms with Crippen LogP contribution in [-0.2, 0) is 16.1 Å². The van der Waals surface area contributed by atoms with Crippen molar-refractivity contribution in [1.82, 2.24) is 5.32 Å². The molecule has 0 unspecified atom stereocenters. The van der Waals surface area contributed by atoms with Crippen molar-refractivity contribution in [2.75, 3.05) is 20.3 Å². The fraction of sp³-hybridized carbons (Fsp3) is 0.333. The van der Waals surface area contributed by atoms with E-state index in [9.17, 15) is 9.59 Å². The van der Waals surface area contributed by atoms with E-state index in [1.54, 1.807) is 25.3 Å². The van der Waals surface area contributed by atoms with Gasteiger partial charge in [-0.15, -0.1) is 0 Å². The summed E-state index contributed by atoms with van der Waals surface area (Å²) in [4.78, 5) is 22.3. The Bertz CT molecular complexity index is 805. The van der Waals surface area contributed by atoms with Gasteiger partial charge >= 0.3 is 5.97 Å². The van der Waals surface area contributed by atoms with Gasteiger partial charge in [0.15, 0.2) is 0 Å². The first kappa shape index (κ1) is 21.1. The molecule has 0 bridgehead atoms. The molecule has 28 heavy (non-hydrogen) atoms. The van der Waals surface area contributed by atoms with Gasteiger partial charge in [-0.3, -0.25) is 9.59 Å². The third-order valence-electron chi connectivity index (χ3n) is 3.92. The number of carboxylic acids is 1. The van der Waals surface area contributed by atoms with Crippen molar-refractivity contribution >= 4 is 11.9 Å². The van der Waals surface area contributed by atoms with E-state index in [4.69, 9.17) is 19.3 Å². The predicted octanol–water partition coefficient (Wildman–Crippen LogP) is 2.94. The monoisotopic (exact) mass is 387 g/mol. The standard InChI is InChI=1S/C21H25NO6/c1-15-4-3-5-18(12-15)27-10-11-28-19-13-17(26-2)7-6-16(19)14-22-20(23)8-9-21(24)25/h3-7,12-13H,8-11,14H2,1-2H3,(H,22,23)(H,24,25). The molecule has 7 nitrogen and oxygen atoms in total. The smallest absolute Gasteiger partial charge is 0.303 e. The molecule has 150 valence electrons. The number of rotatable bonds is 11. The minimum Gasteiger partial charge on any atom is -0.497 e. The van der Waals surface area contributed by atoms with Gasteiger partial charge in [-0.1, -0.05) is 12.1 Å². The number of ether oxygens (including phenoxy) is 3. The summed E-state index contributed by atoms with van der Waals surface area (Å²) in [5.41, 5.74) is 1.88. The van der Waals surface area contributed by atoms with E-state index in [2.05, 4.69) is 5.32 Å². The van der Waals surface area contributed by atoms with Gasteiger partial charge < -0.3 is 24.6 Å². The Balaban J connectivity index is 1.90. The Hall–Kier alpha value is -3.22. The van der Waals surface area contributed by atoms with Crippen LogP contribution in [0.3, 0.4) is 0 Å². The molecule has 2 N–H and O–H groups in total.